The zero-order valence-electron chi connectivity index (χ0n) is 16.0. The Morgan fingerprint density at radius 2 is 1.74 bits per heavy atom. The molecule has 0 bridgehead atoms. The molecule has 0 aliphatic rings. The molecule has 0 heterocycles. The molecule has 0 aliphatic carbocycles. The van der Waals surface area contributed by atoms with Crippen LogP contribution >= 0.6 is 0 Å². The molecule has 0 aliphatic heterocycles. The maximum atomic E-state index is 12.4. The molecule has 6 nitrogen and oxygen atoms in total. The molecule has 2 rings (SSSR count). The predicted octanol–water partition coefficient (Wildman–Crippen LogP) is 3.49. The first kappa shape index (κ1) is 20.3. The molecule has 27 heavy (non-hydrogen) atoms. The molecule has 0 atom stereocenters. The summed E-state index contributed by atoms with van der Waals surface area (Å²) in [6.45, 7) is 4.83. The minimum Gasteiger partial charge on any atom is -0.496 e. The van der Waals surface area contributed by atoms with E-state index in [2.05, 4.69) is 24.5 Å². The van der Waals surface area contributed by atoms with Gasteiger partial charge in [-0.1, -0.05) is 26.0 Å². The van der Waals surface area contributed by atoms with E-state index in [9.17, 15) is 9.59 Å². The van der Waals surface area contributed by atoms with Gasteiger partial charge in [-0.2, -0.15) is 0 Å². The topological polar surface area (TPSA) is 76.7 Å². The number of methoxy groups -OCH3 is 1. The monoisotopic (exact) mass is 370 g/mol. The number of carbonyl (C=O) groups excluding carboxylic acids is 2. The van der Waals surface area contributed by atoms with Gasteiger partial charge in [0.05, 0.1) is 12.7 Å². The zero-order valence-corrected chi connectivity index (χ0v) is 16.0. The van der Waals surface area contributed by atoms with Crippen molar-refractivity contribution in [3.8, 4) is 11.5 Å². The molecule has 144 valence electrons. The van der Waals surface area contributed by atoms with Crippen molar-refractivity contribution in [2.45, 2.75) is 20.3 Å². The summed E-state index contributed by atoms with van der Waals surface area (Å²) >= 11 is 0. The van der Waals surface area contributed by atoms with Crippen LogP contribution in [-0.4, -0.2) is 32.1 Å². The van der Waals surface area contributed by atoms with Gasteiger partial charge in [0, 0.05) is 12.2 Å². The Morgan fingerprint density at radius 1 is 1.04 bits per heavy atom. The smallest absolute Gasteiger partial charge is 0.259 e. The highest BCUT2D eigenvalue weighted by Crippen LogP contribution is 2.20. The van der Waals surface area contributed by atoms with E-state index in [4.69, 9.17) is 9.47 Å². The number of para-hydroxylation sites is 1. The molecule has 2 aromatic rings. The van der Waals surface area contributed by atoms with E-state index < -0.39 is 0 Å². The normalized spacial score (nSPS) is 10.4. The minimum atomic E-state index is -0.259. The maximum absolute atomic E-state index is 12.4. The number of ether oxygens (including phenoxy) is 2. The summed E-state index contributed by atoms with van der Waals surface area (Å²) < 4.78 is 10.7. The van der Waals surface area contributed by atoms with Crippen molar-refractivity contribution in [3.05, 3.63) is 54.1 Å². The fourth-order valence-electron chi connectivity index (χ4n) is 2.37. The highest BCUT2D eigenvalue weighted by molar-refractivity contribution is 6.06. The van der Waals surface area contributed by atoms with Gasteiger partial charge >= 0.3 is 0 Å². The summed E-state index contributed by atoms with van der Waals surface area (Å²) in [5.41, 5.74) is 1.08. The van der Waals surface area contributed by atoms with Crippen molar-refractivity contribution in [2.24, 2.45) is 5.92 Å². The fraction of sp³-hybridized carbons (Fsp3) is 0.333. The average Bonchev–Trinajstić information content (AvgIpc) is 2.67. The lowest BCUT2D eigenvalue weighted by molar-refractivity contribution is -0.123. The fourth-order valence-corrected chi connectivity index (χ4v) is 2.37. The predicted molar refractivity (Wildman–Crippen MR) is 105 cm³/mol. The molecule has 2 amide bonds. The van der Waals surface area contributed by atoms with E-state index in [-0.39, 0.29) is 18.4 Å². The van der Waals surface area contributed by atoms with Crippen LogP contribution in [0.4, 0.5) is 5.69 Å². The second-order valence-corrected chi connectivity index (χ2v) is 6.50. The first-order valence-electron chi connectivity index (χ1n) is 8.93. The minimum absolute atomic E-state index is 0.0367. The van der Waals surface area contributed by atoms with Crippen molar-refractivity contribution < 1.29 is 19.1 Å². The van der Waals surface area contributed by atoms with E-state index in [1.807, 2.05) is 0 Å². The van der Waals surface area contributed by atoms with Crippen molar-refractivity contribution in [3.63, 3.8) is 0 Å². The van der Waals surface area contributed by atoms with Crippen molar-refractivity contribution in [2.75, 3.05) is 25.6 Å². The quantitative estimate of drug-likeness (QED) is 0.708. The largest absolute Gasteiger partial charge is 0.496 e. The van der Waals surface area contributed by atoms with E-state index in [1.165, 1.54) is 7.11 Å². The molecule has 0 aromatic heterocycles. The van der Waals surface area contributed by atoms with E-state index >= 15 is 0 Å². The van der Waals surface area contributed by atoms with Gasteiger partial charge in [0.1, 0.15) is 11.5 Å². The maximum Gasteiger partial charge on any atom is 0.259 e. The number of hydrogen-bond donors (Lipinski definition) is 2. The van der Waals surface area contributed by atoms with Gasteiger partial charge in [-0.15, -0.1) is 0 Å². The highest BCUT2D eigenvalue weighted by atomic mass is 16.5. The van der Waals surface area contributed by atoms with Gasteiger partial charge < -0.3 is 20.1 Å². The number of rotatable bonds is 9. The standard InChI is InChI=1S/C21H26N2O4/c1-15(2)12-13-22-20(24)14-27-17-10-8-16(9-11-17)23-21(25)18-6-4-5-7-19(18)26-3/h4-11,15H,12-14H2,1-3H3,(H,22,24)(H,23,25). The molecule has 0 saturated carbocycles. The summed E-state index contributed by atoms with van der Waals surface area (Å²) in [6, 6.07) is 13.9. The van der Waals surface area contributed by atoms with Crippen molar-refractivity contribution in [1.82, 2.24) is 5.32 Å². The van der Waals surface area contributed by atoms with Gasteiger partial charge in [0.25, 0.3) is 11.8 Å². The van der Waals surface area contributed by atoms with Crippen molar-refractivity contribution in [1.29, 1.82) is 0 Å². The Kier molecular flexibility index (Phi) is 7.67. The van der Waals surface area contributed by atoms with Gasteiger partial charge in [0.2, 0.25) is 0 Å². The Bertz CT molecular complexity index is 757. The van der Waals surface area contributed by atoms with Crippen LogP contribution in [0.3, 0.4) is 0 Å². The second kappa shape index (κ2) is 10.2. The summed E-state index contributed by atoms with van der Waals surface area (Å²) in [7, 11) is 1.53. The van der Waals surface area contributed by atoms with E-state index in [0.717, 1.165) is 6.42 Å². The van der Waals surface area contributed by atoms with Gasteiger partial charge in [-0.25, -0.2) is 0 Å². The van der Waals surface area contributed by atoms with Crippen LogP contribution in [0.2, 0.25) is 0 Å². The first-order chi connectivity index (χ1) is 13.0. The Hall–Kier alpha value is -3.02. The van der Waals surface area contributed by atoms with Crippen LogP contribution in [0.15, 0.2) is 48.5 Å². The van der Waals surface area contributed by atoms with Crippen LogP contribution in [-0.2, 0) is 4.79 Å². The molecule has 6 heteroatoms. The number of hydrogen-bond acceptors (Lipinski definition) is 4. The molecule has 0 radical (unpaired) electrons. The molecular formula is C21H26N2O4. The van der Waals surface area contributed by atoms with Gasteiger partial charge in [-0.3, -0.25) is 9.59 Å². The second-order valence-electron chi connectivity index (χ2n) is 6.50. The lowest BCUT2D eigenvalue weighted by Crippen LogP contribution is -2.30. The van der Waals surface area contributed by atoms with Crippen LogP contribution in [0, 0.1) is 5.92 Å². The zero-order chi connectivity index (χ0) is 19.6. The molecule has 2 aromatic carbocycles. The van der Waals surface area contributed by atoms with Crippen LogP contribution in [0.25, 0.3) is 0 Å². The molecule has 0 spiro atoms. The Morgan fingerprint density at radius 3 is 2.41 bits per heavy atom. The van der Waals surface area contributed by atoms with E-state index in [1.54, 1.807) is 48.5 Å². The average molecular weight is 370 g/mol. The van der Waals surface area contributed by atoms with Gasteiger partial charge in [-0.05, 0) is 48.7 Å². The number of nitrogens with one attached hydrogen (secondary N) is 2. The lowest BCUT2D eigenvalue weighted by atomic mass is 10.1. The molecule has 0 saturated heterocycles. The molecule has 0 fully saturated rings. The number of anilines is 1. The summed E-state index contributed by atoms with van der Waals surface area (Å²) in [6.07, 6.45) is 0.937. The van der Waals surface area contributed by atoms with Crippen LogP contribution in [0.5, 0.6) is 11.5 Å². The molecule has 0 unspecified atom stereocenters. The Labute approximate surface area is 159 Å². The molecular weight excluding hydrogens is 344 g/mol. The summed E-state index contributed by atoms with van der Waals surface area (Å²) in [4.78, 5) is 24.1. The number of benzene rings is 2. The first-order valence-corrected chi connectivity index (χ1v) is 8.93. The lowest BCUT2D eigenvalue weighted by Gasteiger charge is -2.11. The molecule has 2 N–H and O–H groups in total. The van der Waals surface area contributed by atoms with E-state index in [0.29, 0.717) is 35.2 Å². The summed E-state index contributed by atoms with van der Waals surface area (Å²) in [5.74, 6) is 1.21. The van der Waals surface area contributed by atoms with Crippen molar-refractivity contribution >= 4 is 17.5 Å². The summed E-state index contributed by atoms with van der Waals surface area (Å²) in [5, 5.41) is 5.63. The number of amides is 2. The third-order valence-corrected chi connectivity index (χ3v) is 3.88. The Balaban J connectivity index is 1.84. The highest BCUT2D eigenvalue weighted by Gasteiger charge is 2.11. The number of carbonyl (C=O) groups is 2. The van der Waals surface area contributed by atoms with Crippen LogP contribution in [0.1, 0.15) is 30.6 Å². The third kappa shape index (κ3) is 6.66. The van der Waals surface area contributed by atoms with Gasteiger partial charge in [0.15, 0.2) is 6.61 Å². The van der Waals surface area contributed by atoms with Crippen LogP contribution < -0.4 is 20.1 Å². The SMILES string of the molecule is COc1ccccc1C(=O)Nc1ccc(OCC(=O)NCCC(C)C)cc1. The third-order valence-electron chi connectivity index (χ3n) is 3.88.